The molecular formula is C36H46N6O4. The van der Waals surface area contributed by atoms with E-state index in [0.717, 1.165) is 68.2 Å². The van der Waals surface area contributed by atoms with E-state index in [2.05, 4.69) is 30.0 Å². The number of methoxy groups -OCH3 is 1. The Morgan fingerprint density at radius 3 is 2.43 bits per heavy atom. The Morgan fingerprint density at radius 1 is 1.04 bits per heavy atom. The van der Waals surface area contributed by atoms with Crippen LogP contribution in [0.2, 0.25) is 0 Å². The minimum absolute atomic E-state index is 0.100. The second kappa shape index (κ2) is 15.4. The Bertz CT molecular complexity index is 1530. The molecule has 2 fully saturated rings. The average Bonchev–Trinajstić information content (AvgIpc) is 3.59. The highest BCUT2D eigenvalue weighted by Crippen LogP contribution is 2.38. The maximum atomic E-state index is 14.3. The largest absolute Gasteiger partial charge is 0.494 e. The first-order chi connectivity index (χ1) is 22.3. The van der Waals surface area contributed by atoms with Crippen molar-refractivity contribution < 1.29 is 19.1 Å². The molecule has 244 valence electrons. The third-order valence-electron chi connectivity index (χ3n) is 9.62. The van der Waals surface area contributed by atoms with Crippen LogP contribution in [0.3, 0.4) is 0 Å². The lowest BCUT2D eigenvalue weighted by atomic mass is 9.78. The highest BCUT2D eigenvalue weighted by Gasteiger charge is 2.34. The van der Waals surface area contributed by atoms with Crippen molar-refractivity contribution in [1.29, 1.82) is 5.26 Å². The minimum atomic E-state index is -0.148. The number of nitriles is 1. The van der Waals surface area contributed by atoms with E-state index in [1.165, 1.54) is 0 Å². The van der Waals surface area contributed by atoms with E-state index in [1.54, 1.807) is 13.3 Å². The zero-order valence-corrected chi connectivity index (χ0v) is 27.5. The van der Waals surface area contributed by atoms with Crippen LogP contribution in [0.1, 0.15) is 102 Å². The number of anilines is 1. The molecule has 0 aromatic carbocycles. The van der Waals surface area contributed by atoms with Gasteiger partial charge >= 0.3 is 5.97 Å². The molecular weight excluding hydrogens is 580 g/mol. The number of carbonyl (C=O) groups is 2. The van der Waals surface area contributed by atoms with E-state index in [1.807, 2.05) is 53.2 Å². The monoisotopic (exact) mass is 626 g/mol. The second-order valence-electron chi connectivity index (χ2n) is 13.0. The Morgan fingerprint density at radius 2 is 1.78 bits per heavy atom. The van der Waals surface area contributed by atoms with Crippen LogP contribution in [0, 0.1) is 29.1 Å². The fourth-order valence-electron chi connectivity index (χ4n) is 6.93. The van der Waals surface area contributed by atoms with Gasteiger partial charge in [-0.25, -0.2) is 9.97 Å². The molecule has 10 nitrogen and oxygen atoms in total. The summed E-state index contributed by atoms with van der Waals surface area (Å²) in [4.78, 5) is 37.6. The number of nitrogens with zero attached hydrogens (tertiary/aromatic N) is 6. The molecule has 0 atom stereocenters. The van der Waals surface area contributed by atoms with Gasteiger partial charge in [-0.05, 0) is 114 Å². The van der Waals surface area contributed by atoms with Crippen molar-refractivity contribution in [2.24, 2.45) is 17.8 Å². The molecule has 10 heteroatoms. The Kier molecular flexibility index (Phi) is 11.1. The van der Waals surface area contributed by atoms with Gasteiger partial charge in [0.15, 0.2) is 11.4 Å². The van der Waals surface area contributed by atoms with E-state index in [-0.39, 0.29) is 35.7 Å². The average molecular weight is 627 g/mol. The SMILES string of the molecule is CCOC(=O)C[C@H]1CC[C@H](C(=O)N(C[C@H]2CC[C@H](c3ccc(OC)c(C#N)n3)CC2)c2cc(-c3cnn(C(C)C)c3)ccn2)CC1. The minimum Gasteiger partial charge on any atom is -0.494 e. The van der Waals surface area contributed by atoms with Gasteiger partial charge in [-0.15, -0.1) is 0 Å². The first-order valence-corrected chi connectivity index (χ1v) is 16.7. The number of amides is 1. The molecule has 0 N–H and O–H groups in total. The summed E-state index contributed by atoms with van der Waals surface area (Å²) >= 11 is 0. The molecule has 3 heterocycles. The van der Waals surface area contributed by atoms with Gasteiger partial charge in [-0.2, -0.15) is 10.4 Å². The summed E-state index contributed by atoms with van der Waals surface area (Å²) in [5, 5.41) is 14.0. The number of aromatic nitrogens is 4. The maximum absolute atomic E-state index is 14.3. The molecule has 5 rings (SSSR count). The Balaban J connectivity index is 1.32. The fourth-order valence-corrected chi connectivity index (χ4v) is 6.93. The van der Waals surface area contributed by atoms with Crippen LogP contribution in [-0.2, 0) is 14.3 Å². The zero-order valence-electron chi connectivity index (χ0n) is 27.5. The summed E-state index contributed by atoms with van der Waals surface area (Å²) in [6.45, 7) is 7.02. The standard InChI is InChI=1S/C36H46N6O4/c1-5-46-35(43)18-25-6-12-28(13-7-25)36(44)41(34-19-29(16-17-38-34)30-21-39-42(23-30)24(2)3)22-26-8-10-27(11-9-26)31-14-15-33(45-4)32(20-37)40-31/h14-17,19,21,23-28H,5-13,18,22H2,1-4H3/t25-,26-,27-,28-. The summed E-state index contributed by atoms with van der Waals surface area (Å²) in [6, 6.07) is 10.2. The maximum Gasteiger partial charge on any atom is 0.306 e. The molecule has 2 aliphatic carbocycles. The van der Waals surface area contributed by atoms with Gasteiger partial charge in [0.2, 0.25) is 5.91 Å². The van der Waals surface area contributed by atoms with Gasteiger partial charge in [-0.1, -0.05) is 0 Å². The summed E-state index contributed by atoms with van der Waals surface area (Å²) < 4.78 is 12.4. The highest BCUT2D eigenvalue weighted by atomic mass is 16.5. The van der Waals surface area contributed by atoms with Gasteiger partial charge in [0.1, 0.15) is 11.9 Å². The molecule has 0 unspecified atom stereocenters. The van der Waals surface area contributed by atoms with Crippen LogP contribution in [0.5, 0.6) is 5.75 Å². The predicted molar refractivity (Wildman–Crippen MR) is 175 cm³/mol. The van der Waals surface area contributed by atoms with E-state index >= 15 is 0 Å². The molecule has 3 aromatic rings. The van der Waals surface area contributed by atoms with E-state index in [9.17, 15) is 14.9 Å². The number of esters is 1. The van der Waals surface area contributed by atoms with Crippen LogP contribution in [0.15, 0.2) is 42.9 Å². The lowest BCUT2D eigenvalue weighted by Gasteiger charge is -2.35. The third-order valence-corrected chi connectivity index (χ3v) is 9.62. The van der Waals surface area contributed by atoms with Crippen LogP contribution in [0.4, 0.5) is 5.82 Å². The van der Waals surface area contributed by atoms with Crippen molar-refractivity contribution in [3.63, 3.8) is 0 Å². The van der Waals surface area contributed by atoms with Crippen molar-refractivity contribution in [3.05, 3.63) is 54.2 Å². The van der Waals surface area contributed by atoms with Gasteiger partial charge in [0, 0.05) is 54.5 Å². The summed E-state index contributed by atoms with van der Waals surface area (Å²) in [6.07, 6.45) is 13.1. The van der Waals surface area contributed by atoms with E-state index in [4.69, 9.17) is 14.5 Å². The van der Waals surface area contributed by atoms with Crippen molar-refractivity contribution in [3.8, 4) is 22.9 Å². The smallest absolute Gasteiger partial charge is 0.306 e. The highest BCUT2D eigenvalue weighted by molar-refractivity contribution is 5.94. The normalized spacial score (nSPS) is 21.4. The molecule has 46 heavy (non-hydrogen) atoms. The number of hydrogen-bond acceptors (Lipinski definition) is 8. The van der Waals surface area contributed by atoms with Crippen LogP contribution >= 0.6 is 0 Å². The second-order valence-corrected chi connectivity index (χ2v) is 13.0. The lowest BCUT2D eigenvalue weighted by Crippen LogP contribution is -2.42. The van der Waals surface area contributed by atoms with E-state index < -0.39 is 0 Å². The van der Waals surface area contributed by atoms with Gasteiger partial charge in [0.25, 0.3) is 0 Å². The first kappa shape index (κ1) is 33.1. The molecule has 0 radical (unpaired) electrons. The van der Waals surface area contributed by atoms with Crippen molar-refractivity contribution in [1.82, 2.24) is 19.7 Å². The summed E-state index contributed by atoms with van der Waals surface area (Å²) in [7, 11) is 1.55. The molecule has 2 saturated carbocycles. The molecule has 1 amide bonds. The van der Waals surface area contributed by atoms with Crippen LogP contribution in [-0.4, -0.2) is 51.9 Å². The van der Waals surface area contributed by atoms with Gasteiger partial charge in [-0.3, -0.25) is 19.2 Å². The number of hydrogen-bond donors (Lipinski definition) is 0. The zero-order chi connectivity index (χ0) is 32.6. The van der Waals surface area contributed by atoms with Gasteiger partial charge < -0.3 is 9.47 Å². The Labute approximate surface area is 272 Å². The van der Waals surface area contributed by atoms with Gasteiger partial charge in [0.05, 0.1) is 19.9 Å². The summed E-state index contributed by atoms with van der Waals surface area (Å²) in [5.74, 6) is 1.90. The number of carbonyl (C=O) groups excluding carboxylic acids is 2. The molecule has 0 saturated heterocycles. The van der Waals surface area contributed by atoms with Crippen LogP contribution < -0.4 is 9.64 Å². The van der Waals surface area contributed by atoms with Crippen molar-refractivity contribution in [2.75, 3.05) is 25.2 Å². The quantitative estimate of drug-likeness (QED) is 0.211. The molecule has 2 aliphatic rings. The predicted octanol–water partition coefficient (Wildman–Crippen LogP) is 6.87. The number of rotatable bonds is 11. The first-order valence-electron chi connectivity index (χ1n) is 16.7. The van der Waals surface area contributed by atoms with Crippen molar-refractivity contribution in [2.45, 2.75) is 90.5 Å². The molecule has 3 aromatic heterocycles. The fraction of sp³-hybridized carbons (Fsp3) is 0.556. The Hall–Kier alpha value is -4.26. The number of ether oxygens (including phenoxy) is 2. The molecule has 0 aliphatic heterocycles. The number of pyridine rings is 2. The molecule has 0 spiro atoms. The van der Waals surface area contributed by atoms with Crippen LogP contribution in [0.25, 0.3) is 11.1 Å². The lowest BCUT2D eigenvalue weighted by molar-refractivity contribution is -0.144. The third kappa shape index (κ3) is 7.93. The summed E-state index contributed by atoms with van der Waals surface area (Å²) in [5.41, 5.74) is 3.23. The molecule has 0 bridgehead atoms. The van der Waals surface area contributed by atoms with Crippen molar-refractivity contribution >= 4 is 17.7 Å². The topological polar surface area (TPSA) is 123 Å². The van der Waals surface area contributed by atoms with E-state index in [0.29, 0.717) is 42.8 Å².